The SMILES string of the molecule is c1ccc2c(c1)sc1c3ccc(-c4cc5ccc6cc(-c7ccc8c(c7)sc7c9ccccc9sc87)cc7ccc(c4)c5c67)cc3sc21. The zero-order chi connectivity index (χ0) is 31.1. The molecule has 0 saturated heterocycles. The summed E-state index contributed by atoms with van der Waals surface area (Å²) in [5.41, 5.74) is 5.12. The van der Waals surface area contributed by atoms with Gasteiger partial charge in [0.05, 0.1) is 18.8 Å². The molecule has 4 heterocycles. The number of hydrogen-bond donors (Lipinski definition) is 0. The molecule has 0 radical (unpaired) electrons. The molecule has 0 bridgehead atoms. The molecule has 0 aliphatic carbocycles. The van der Waals surface area contributed by atoms with Gasteiger partial charge in [0, 0.05) is 40.3 Å². The van der Waals surface area contributed by atoms with E-state index in [-0.39, 0.29) is 0 Å². The lowest BCUT2D eigenvalue weighted by atomic mass is 9.89. The average molecular weight is 679 g/mol. The molecular weight excluding hydrogens is 657 g/mol. The minimum atomic E-state index is 1.28. The Morgan fingerprint density at radius 3 is 1.04 bits per heavy atom. The van der Waals surface area contributed by atoms with Crippen molar-refractivity contribution in [3.05, 3.63) is 133 Å². The van der Waals surface area contributed by atoms with E-state index in [9.17, 15) is 0 Å². The number of hydrogen-bond acceptors (Lipinski definition) is 4. The van der Waals surface area contributed by atoms with Crippen molar-refractivity contribution in [2.75, 3.05) is 0 Å². The van der Waals surface area contributed by atoms with Crippen molar-refractivity contribution < 1.29 is 0 Å². The maximum Gasteiger partial charge on any atom is 0.0542 e. The Morgan fingerprint density at radius 1 is 0.271 bits per heavy atom. The van der Waals surface area contributed by atoms with Crippen molar-refractivity contribution in [1.82, 2.24) is 0 Å². The van der Waals surface area contributed by atoms with Crippen LogP contribution in [-0.2, 0) is 0 Å². The Morgan fingerprint density at radius 2 is 0.625 bits per heavy atom. The molecule has 0 fully saturated rings. The predicted molar refractivity (Wildman–Crippen MR) is 218 cm³/mol. The van der Waals surface area contributed by atoms with Crippen LogP contribution in [0.4, 0.5) is 0 Å². The summed E-state index contributed by atoms with van der Waals surface area (Å²) in [4.78, 5) is 0. The molecule has 0 nitrogen and oxygen atoms in total. The molecule has 0 aliphatic heterocycles. The third-order valence-electron chi connectivity index (χ3n) is 10.2. The largest absolute Gasteiger partial charge is 0.134 e. The van der Waals surface area contributed by atoms with E-state index in [1.54, 1.807) is 0 Å². The summed E-state index contributed by atoms with van der Waals surface area (Å²) in [6, 6.07) is 50.6. The monoisotopic (exact) mass is 678 g/mol. The molecule has 0 aliphatic rings. The number of fused-ring (bicyclic) bond motifs is 10. The molecular formula is C44H22S4. The summed E-state index contributed by atoms with van der Waals surface area (Å²) in [6.07, 6.45) is 0. The van der Waals surface area contributed by atoms with Gasteiger partial charge in [-0.2, -0.15) is 0 Å². The minimum absolute atomic E-state index is 1.28. The topological polar surface area (TPSA) is 0 Å². The van der Waals surface area contributed by atoms with E-state index in [1.807, 2.05) is 45.3 Å². The van der Waals surface area contributed by atoms with Gasteiger partial charge in [-0.25, -0.2) is 0 Å². The summed E-state index contributed by atoms with van der Waals surface area (Å²) in [6.45, 7) is 0. The second-order valence-corrected chi connectivity index (χ2v) is 17.1. The fourth-order valence-electron chi connectivity index (χ4n) is 7.94. The maximum absolute atomic E-state index is 2.40. The van der Waals surface area contributed by atoms with Crippen LogP contribution in [0.1, 0.15) is 0 Å². The van der Waals surface area contributed by atoms with Crippen LogP contribution in [0.3, 0.4) is 0 Å². The second-order valence-electron chi connectivity index (χ2n) is 12.9. The molecule has 0 amide bonds. The second kappa shape index (κ2) is 9.40. The van der Waals surface area contributed by atoms with E-state index in [1.165, 1.54) is 114 Å². The minimum Gasteiger partial charge on any atom is -0.134 e. The zero-order valence-electron chi connectivity index (χ0n) is 25.3. The van der Waals surface area contributed by atoms with Crippen molar-refractivity contribution in [2.24, 2.45) is 0 Å². The van der Waals surface area contributed by atoms with E-state index in [2.05, 4.69) is 133 Å². The Labute approximate surface area is 290 Å². The van der Waals surface area contributed by atoms with Crippen LogP contribution in [0.15, 0.2) is 133 Å². The predicted octanol–water partition coefficient (Wildman–Crippen LogP) is 15.1. The van der Waals surface area contributed by atoms with E-state index in [0.717, 1.165) is 0 Å². The van der Waals surface area contributed by atoms with Crippen LogP contribution in [0.2, 0.25) is 0 Å². The standard InChI is InChI=1S/C44H22S4/c1-3-7-35-31(5-1)41-43(45-35)33-15-13-23(21-37(33)47-41)29-17-25-9-11-27-19-30(20-28-12-10-26(18-29)39(25)40(27)28)24-14-16-34-38(22-24)48-42-32-6-2-4-8-36(32)46-44(34)42/h1-22H. The van der Waals surface area contributed by atoms with Gasteiger partial charge in [-0.3, -0.25) is 0 Å². The van der Waals surface area contributed by atoms with Crippen LogP contribution < -0.4 is 0 Å². The molecule has 12 rings (SSSR count). The maximum atomic E-state index is 2.40. The van der Waals surface area contributed by atoms with Gasteiger partial charge < -0.3 is 0 Å². The van der Waals surface area contributed by atoms with Gasteiger partial charge in [-0.05, 0) is 103 Å². The molecule has 48 heavy (non-hydrogen) atoms. The quantitative estimate of drug-likeness (QED) is 0.160. The fraction of sp³-hybridized carbons (Fsp3) is 0. The first-order valence-electron chi connectivity index (χ1n) is 16.1. The fourth-order valence-corrected chi connectivity index (χ4v) is 13.3. The highest BCUT2D eigenvalue weighted by Gasteiger charge is 2.16. The van der Waals surface area contributed by atoms with E-state index >= 15 is 0 Å². The third-order valence-corrected chi connectivity index (χ3v) is 15.2. The molecule has 4 aromatic heterocycles. The normalized spacial score (nSPS) is 12.6. The summed E-state index contributed by atoms with van der Waals surface area (Å²) in [5.74, 6) is 0. The van der Waals surface area contributed by atoms with Crippen LogP contribution >= 0.6 is 45.3 Å². The lowest BCUT2D eigenvalue weighted by Gasteiger charge is -2.14. The van der Waals surface area contributed by atoms with Gasteiger partial charge >= 0.3 is 0 Å². The Balaban J connectivity index is 0.979. The van der Waals surface area contributed by atoms with E-state index < -0.39 is 0 Å². The van der Waals surface area contributed by atoms with Gasteiger partial charge in [0.1, 0.15) is 0 Å². The van der Waals surface area contributed by atoms with E-state index in [4.69, 9.17) is 0 Å². The molecule has 0 spiro atoms. The Hall–Kier alpha value is -4.84. The van der Waals surface area contributed by atoms with Crippen LogP contribution in [0, 0.1) is 0 Å². The third kappa shape index (κ3) is 3.53. The van der Waals surface area contributed by atoms with Crippen molar-refractivity contribution in [2.45, 2.75) is 0 Å². The molecule has 12 aromatic rings. The van der Waals surface area contributed by atoms with Gasteiger partial charge in [-0.15, -0.1) is 45.3 Å². The van der Waals surface area contributed by atoms with Crippen molar-refractivity contribution in [3.63, 3.8) is 0 Å². The first-order valence-corrected chi connectivity index (χ1v) is 19.4. The molecule has 0 unspecified atom stereocenters. The number of thiophene rings is 4. The van der Waals surface area contributed by atoms with Crippen LogP contribution in [-0.4, -0.2) is 0 Å². The molecule has 0 atom stereocenters. The lowest BCUT2D eigenvalue weighted by Crippen LogP contribution is -1.87. The summed E-state index contributed by atoms with van der Waals surface area (Å²) >= 11 is 7.70. The summed E-state index contributed by atoms with van der Waals surface area (Å²) < 4.78 is 11.2. The van der Waals surface area contributed by atoms with Crippen LogP contribution in [0.5, 0.6) is 0 Å². The van der Waals surface area contributed by atoms with Gasteiger partial charge in [-0.1, -0.05) is 84.9 Å². The molecule has 0 saturated carbocycles. The Kier molecular flexibility index (Phi) is 5.12. The highest BCUT2D eigenvalue weighted by molar-refractivity contribution is 7.37. The summed E-state index contributed by atoms with van der Waals surface area (Å²) in [7, 11) is 0. The van der Waals surface area contributed by atoms with Crippen LogP contribution in [0.25, 0.3) is 114 Å². The number of benzene rings is 8. The van der Waals surface area contributed by atoms with Gasteiger partial charge in [0.15, 0.2) is 0 Å². The zero-order valence-corrected chi connectivity index (χ0v) is 28.6. The molecule has 0 N–H and O–H groups in total. The highest BCUT2D eigenvalue weighted by atomic mass is 32.1. The smallest absolute Gasteiger partial charge is 0.0542 e. The average Bonchev–Trinajstić information content (AvgIpc) is 3.87. The number of rotatable bonds is 2. The molecule has 8 aromatic carbocycles. The lowest BCUT2D eigenvalue weighted by molar-refractivity contribution is 1.70. The van der Waals surface area contributed by atoms with E-state index in [0.29, 0.717) is 0 Å². The summed E-state index contributed by atoms with van der Waals surface area (Å²) in [5, 5.41) is 13.5. The molecule has 222 valence electrons. The first kappa shape index (κ1) is 26.2. The van der Waals surface area contributed by atoms with Crippen molar-refractivity contribution in [3.8, 4) is 22.3 Å². The van der Waals surface area contributed by atoms with Gasteiger partial charge in [0.25, 0.3) is 0 Å². The van der Waals surface area contributed by atoms with Crippen molar-refractivity contribution in [1.29, 1.82) is 0 Å². The first-order chi connectivity index (χ1) is 23.7. The highest BCUT2D eigenvalue weighted by Crippen LogP contribution is 2.47. The molecule has 4 heteroatoms. The van der Waals surface area contributed by atoms with Gasteiger partial charge in [0.2, 0.25) is 0 Å². The van der Waals surface area contributed by atoms with Crippen molar-refractivity contribution >= 4 is 137 Å². The Bertz CT molecular complexity index is 3000.